The molecule has 0 radical (unpaired) electrons. The number of carbonyl (C=O) groups is 1. The molecule has 1 aromatic heterocycles. The van der Waals surface area contributed by atoms with Gasteiger partial charge in [0.2, 0.25) is 5.88 Å². The van der Waals surface area contributed by atoms with E-state index in [4.69, 9.17) is 9.47 Å². The molecule has 1 aromatic carbocycles. The highest BCUT2D eigenvalue weighted by Crippen LogP contribution is 2.38. The molecule has 0 fully saturated rings. The monoisotopic (exact) mass is 489 g/mol. The van der Waals surface area contributed by atoms with Gasteiger partial charge in [0.1, 0.15) is 12.7 Å². The smallest absolute Gasteiger partial charge is 0.333 e. The molecule has 34 heavy (non-hydrogen) atoms. The number of aryl methyl sites for hydroxylation is 2. The van der Waals surface area contributed by atoms with E-state index in [1.165, 1.54) is 22.0 Å². The lowest BCUT2D eigenvalue weighted by Crippen LogP contribution is -2.37. The summed E-state index contributed by atoms with van der Waals surface area (Å²) in [5.74, 6) is 0.120. The van der Waals surface area contributed by atoms with E-state index < -0.39 is 16.1 Å². The average Bonchev–Trinajstić information content (AvgIpc) is 3.51. The molecule has 1 unspecified atom stereocenters. The van der Waals surface area contributed by atoms with Crippen molar-refractivity contribution in [2.75, 3.05) is 39.2 Å². The third kappa shape index (κ3) is 4.51. The molecule has 11 heteroatoms. The minimum Gasteiger partial charge on any atom is -0.474 e. The van der Waals surface area contributed by atoms with Crippen LogP contribution in [0.1, 0.15) is 35.1 Å². The standard InChI is InChI=1S/C23H31N5O5S/c1-27(2)9-10-32-17-13-28-22(33-14-17)20(12-24-28)34(30,31)26-23(29)25-21-18-7-3-5-15(18)11-16-6-4-8-19(16)21/h11-12,17H,3-10,13-14H2,1-2H3,(H2,25,26,29). The summed E-state index contributed by atoms with van der Waals surface area (Å²) in [5, 5.41) is 7.01. The molecule has 184 valence electrons. The van der Waals surface area contributed by atoms with Crippen LogP contribution >= 0.6 is 0 Å². The van der Waals surface area contributed by atoms with Gasteiger partial charge in [-0.25, -0.2) is 22.6 Å². The van der Waals surface area contributed by atoms with Gasteiger partial charge in [-0.15, -0.1) is 0 Å². The van der Waals surface area contributed by atoms with Crippen LogP contribution in [0.15, 0.2) is 17.2 Å². The Morgan fingerprint density at radius 2 is 1.91 bits per heavy atom. The molecule has 3 aliphatic rings. The first kappa shape index (κ1) is 23.1. The molecule has 5 rings (SSSR count). The van der Waals surface area contributed by atoms with Gasteiger partial charge in [-0.2, -0.15) is 5.10 Å². The molecular weight excluding hydrogens is 458 g/mol. The maximum absolute atomic E-state index is 13.0. The van der Waals surface area contributed by atoms with E-state index in [1.54, 1.807) is 0 Å². The van der Waals surface area contributed by atoms with Crippen molar-refractivity contribution < 1.29 is 22.7 Å². The Morgan fingerprint density at radius 3 is 2.59 bits per heavy atom. The second-order valence-corrected chi connectivity index (χ2v) is 11.0. The van der Waals surface area contributed by atoms with Gasteiger partial charge in [-0.05, 0) is 74.9 Å². The van der Waals surface area contributed by atoms with Crippen LogP contribution < -0.4 is 14.8 Å². The SMILES string of the molecule is CN(C)CCOC1COc2c(S(=O)(=O)NC(=O)Nc3c4c(cc5c3CCC5)CCC4)cnn2C1. The topological polar surface area (TPSA) is 115 Å². The molecule has 2 amide bonds. The number of urea groups is 1. The zero-order chi connectivity index (χ0) is 23.9. The lowest BCUT2D eigenvalue weighted by molar-refractivity contribution is -0.0177. The summed E-state index contributed by atoms with van der Waals surface area (Å²) < 4.78 is 41.1. The molecule has 2 N–H and O–H groups in total. The number of nitrogens with one attached hydrogen (secondary N) is 2. The Kier molecular flexibility index (Phi) is 6.26. The maximum atomic E-state index is 13.0. The van der Waals surface area contributed by atoms with Crippen molar-refractivity contribution >= 4 is 21.7 Å². The third-order valence-electron chi connectivity index (χ3n) is 6.66. The number of likely N-dealkylation sites (N-methyl/N-ethyl adjacent to an activating group) is 1. The van der Waals surface area contributed by atoms with Crippen LogP contribution in [0.25, 0.3) is 0 Å². The second kappa shape index (κ2) is 9.20. The van der Waals surface area contributed by atoms with Crippen LogP contribution in [0.4, 0.5) is 10.5 Å². The molecule has 0 saturated heterocycles. The normalized spacial score (nSPS) is 18.9. The van der Waals surface area contributed by atoms with Gasteiger partial charge in [-0.1, -0.05) is 6.07 Å². The number of sulfonamides is 1. The molecular formula is C23H31N5O5S. The number of hydrogen-bond acceptors (Lipinski definition) is 7. The zero-order valence-corrected chi connectivity index (χ0v) is 20.4. The molecule has 2 heterocycles. The summed E-state index contributed by atoms with van der Waals surface area (Å²) in [6.45, 7) is 1.91. The predicted octanol–water partition coefficient (Wildman–Crippen LogP) is 1.71. The van der Waals surface area contributed by atoms with Crippen molar-refractivity contribution in [2.24, 2.45) is 0 Å². The van der Waals surface area contributed by atoms with Crippen LogP contribution in [-0.4, -0.2) is 69.1 Å². The predicted molar refractivity (Wildman–Crippen MR) is 126 cm³/mol. The number of fused-ring (bicyclic) bond motifs is 3. The Labute approximate surface area is 199 Å². The van der Waals surface area contributed by atoms with E-state index in [0.29, 0.717) is 13.2 Å². The van der Waals surface area contributed by atoms with Crippen molar-refractivity contribution in [3.63, 3.8) is 0 Å². The van der Waals surface area contributed by atoms with E-state index in [1.807, 2.05) is 19.0 Å². The first-order valence-corrected chi connectivity index (χ1v) is 13.3. The van der Waals surface area contributed by atoms with Crippen LogP contribution in [0.5, 0.6) is 5.88 Å². The van der Waals surface area contributed by atoms with Gasteiger partial charge < -0.3 is 19.7 Å². The summed E-state index contributed by atoms with van der Waals surface area (Å²) >= 11 is 0. The minimum absolute atomic E-state index is 0.120. The summed E-state index contributed by atoms with van der Waals surface area (Å²) in [7, 11) is -0.243. The van der Waals surface area contributed by atoms with Crippen LogP contribution in [0, 0.1) is 0 Å². The molecule has 2 aliphatic carbocycles. The van der Waals surface area contributed by atoms with Crippen molar-refractivity contribution in [2.45, 2.75) is 56.1 Å². The number of aromatic nitrogens is 2. The van der Waals surface area contributed by atoms with Gasteiger partial charge in [0.15, 0.2) is 4.90 Å². The highest BCUT2D eigenvalue weighted by Gasteiger charge is 2.32. The Morgan fingerprint density at radius 1 is 1.21 bits per heavy atom. The summed E-state index contributed by atoms with van der Waals surface area (Å²) in [6, 6.07) is 1.49. The Balaban J connectivity index is 1.28. The number of benzene rings is 1. The van der Waals surface area contributed by atoms with Gasteiger partial charge >= 0.3 is 6.03 Å². The lowest BCUT2D eigenvalue weighted by atomic mass is 9.99. The number of ether oxygens (including phenoxy) is 2. The number of hydrogen-bond donors (Lipinski definition) is 2. The van der Waals surface area contributed by atoms with Crippen LogP contribution in [0.2, 0.25) is 0 Å². The third-order valence-corrected chi connectivity index (χ3v) is 7.98. The van der Waals surface area contributed by atoms with E-state index in [9.17, 15) is 13.2 Å². The van der Waals surface area contributed by atoms with E-state index in [2.05, 4.69) is 21.2 Å². The Hall–Kier alpha value is -2.63. The summed E-state index contributed by atoms with van der Waals surface area (Å²) in [4.78, 5) is 14.7. The number of rotatable bonds is 7. The molecule has 10 nitrogen and oxygen atoms in total. The van der Waals surface area contributed by atoms with E-state index in [0.717, 1.165) is 61.9 Å². The van der Waals surface area contributed by atoms with Gasteiger partial charge in [0.25, 0.3) is 10.0 Å². The van der Waals surface area contributed by atoms with Crippen LogP contribution in [0.3, 0.4) is 0 Å². The molecule has 2 aromatic rings. The molecule has 0 bridgehead atoms. The molecule has 0 spiro atoms. The quantitative estimate of drug-likeness (QED) is 0.608. The fraction of sp³-hybridized carbons (Fsp3) is 0.565. The Bertz CT molecular complexity index is 1170. The molecule has 1 aliphatic heterocycles. The summed E-state index contributed by atoms with van der Waals surface area (Å²) in [6.07, 6.45) is 6.88. The van der Waals surface area contributed by atoms with Crippen LogP contribution in [-0.2, 0) is 47.0 Å². The largest absolute Gasteiger partial charge is 0.474 e. The zero-order valence-electron chi connectivity index (χ0n) is 19.6. The van der Waals surface area contributed by atoms with Crippen molar-refractivity contribution in [1.29, 1.82) is 0 Å². The van der Waals surface area contributed by atoms with Crippen molar-refractivity contribution in [3.05, 3.63) is 34.5 Å². The van der Waals surface area contributed by atoms with Crippen molar-refractivity contribution in [1.82, 2.24) is 19.4 Å². The van der Waals surface area contributed by atoms with Crippen molar-refractivity contribution in [3.8, 4) is 5.88 Å². The lowest BCUT2D eigenvalue weighted by Gasteiger charge is -2.25. The van der Waals surface area contributed by atoms with Gasteiger partial charge in [0, 0.05) is 12.2 Å². The first-order chi connectivity index (χ1) is 16.3. The number of amides is 2. The summed E-state index contributed by atoms with van der Waals surface area (Å²) in [5.41, 5.74) is 5.60. The average molecular weight is 490 g/mol. The van der Waals surface area contributed by atoms with E-state index >= 15 is 0 Å². The number of carbonyl (C=O) groups excluding carboxylic acids is 1. The first-order valence-electron chi connectivity index (χ1n) is 11.8. The maximum Gasteiger partial charge on any atom is 0.333 e. The molecule has 0 saturated carbocycles. The second-order valence-electron chi connectivity index (χ2n) is 9.40. The fourth-order valence-corrected chi connectivity index (χ4v) is 6.01. The van der Waals surface area contributed by atoms with Gasteiger partial charge in [-0.3, -0.25) is 0 Å². The van der Waals surface area contributed by atoms with E-state index in [-0.39, 0.29) is 23.5 Å². The highest BCUT2D eigenvalue weighted by atomic mass is 32.2. The number of anilines is 1. The van der Waals surface area contributed by atoms with Gasteiger partial charge in [0.05, 0.1) is 19.3 Å². The molecule has 1 atom stereocenters. The highest BCUT2D eigenvalue weighted by molar-refractivity contribution is 7.90. The number of nitrogens with zero attached hydrogens (tertiary/aromatic N) is 3. The fourth-order valence-electron chi connectivity index (χ4n) is 5.02. The minimum atomic E-state index is -4.17.